The highest BCUT2D eigenvalue weighted by atomic mass is 79.9. The van der Waals surface area contributed by atoms with E-state index in [2.05, 4.69) is 97.8 Å². The predicted molar refractivity (Wildman–Crippen MR) is 243 cm³/mol. The largest absolute Gasteiger partial charge is 0.465 e. The summed E-state index contributed by atoms with van der Waals surface area (Å²) in [4.78, 5) is 58.8. The summed E-state index contributed by atoms with van der Waals surface area (Å²) >= 11 is 13.1. The molecule has 0 spiro atoms. The van der Waals surface area contributed by atoms with Gasteiger partial charge in [-0.3, -0.25) is 9.08 Å². The molecule has 0 unspecified atom stereocenters. The number of aliphatic hydroxyl groups is 1. The summed E-state index contributed by atoms with van der Waals surface area (Å²) in [6.45, 7) is 3.00. The lowest BCUT2D eigenvalue weighted by Gasteiger charge is -2.15. The van der Waals surface area contributed by atoms with Gasteiger partial charge in [-0.05, 0) is 115 Å². The smallest absolute Gasteiger partial charge is 0.337 e. The monoisotopic (exact) mass is 1130 g/mol. The Bertz CT molecular complexity index is 2270. The molecule has 1 aliphatic heterocycles. The van der Waals surface area contributed by atoms with E-state index in [1.54, 1.807) is 48.5 Å². The molecule has 0 bridgehead atoms. The summed E-state index contributed by atoms with van der Waals surface area (Å²) in [5.74, 6) is -2.18. The molecule has 20 heteroatoms. The molecule has 5 rings (SSSR count). The molecule has 1 fully saturated rings. The fraction of sp³-hybridized carbons (Fsp3) is 0.310. The quantitative estimate of drug-likeness (QED) is 0.0854. The standard InChI is InChI=1S/C13H16BrNO2.C10H11BrO5S.C10H9BrO4.C9H9BrO3/c1-17-13(16)11-6-10(7-12(14)8-11)9-15-4-2-3-5-15;1-15-10(12)8-3-7(4-9(11)5-8)6-16-17(2,13)14;1-14-9(12)6-3-7(10(13)15-2)5-8(11)4-6;1-13-9(12)7-2-6(5-11)3-8(10)4-7/h6-8H,2-5,9H2,1H3;3-5H,6H2,1-2H3;3-5H,1-2H3;2-4,11H,5H2,1H3. The molecule has 0 saturated carbocycles. The van der Waals surface area contributed by atoms with Crippen molar-refractivity contribution < 1.29 is 65.4 Å². The van der Waals surface area contributed by atoms with Crippen molar-refractivity contribution in [1.29, 1.82) is 0 Å². The second kappa shape index (κ2) is 27.2. The van der Waals surface area contributed by atoms with Crippen LogP contribution in [0.1, 0.15) is 81.3 Å². The lowest BCUT2D eigenvalue weighted by Crippen LogP contribution is -2.18. The Hall–Kier alpha value is -4.02. The zero-order valence-electron chi connectivity index (χ0n) is 34.5. The maximum atomic E-state index is 11.5. The van der Waals surface area contributed by atoms with E-state index >= 15 is 0 Å². The number of carbonyl (C=O) groups is 5. The van der Waals surface area contributed by atoms with E-state index in [1.165, 1.54) is 60.5 Å². The molecule has 0 radical (unpaired) electrons. The van der Waals surface area contributed by atoms with E-state index in [0.717, 1.165) is 40.4 Å². The van der Waals surface area contributed by atoms with Crippen LogP contribution >= 0.6 is 63.7 Å². The minimum absolute atomic E-state index is 0.0938. The minimum atomic E-state index is -3.51. The van der Waals surface area contributed by atoms with Crippen molar-refractivity contribution in [3.63, 3.8) is 0 Å². The average molecular weight is 1140 g/mol. The van der Waals surface area contributed by atoms with Gasteiger partial charge >= 0.3 is 29.8 Å². The van der Waals surface area contributed by atoms with Crippen LogP contribution in [-0.2, 0) is 57.7 Å². The van der Waals surface area contributed by atoms with Crippen LogP contribution in [0.5, 0.6) is 0 Å². The number of ether oxygens (including phenoxy) is 5. The molecule has 0 aromatic heterocycles. The number of aliphatic hydroxyl groups excluding tert-OH is 1. The molecule has 0 amide bonds. The van der Waals surface area contributed by atoms with E-state index < -0.39 is 34.0 Å². The van der Waals surface area contributed by atoms with E-state index in [9.17, 15) is 32.4 Å². The number of rotatable bonds is 11. The number of likely N-dealkylation sites (tertiary alicyclic amines) is 1. The number of hydrogen-bond donors (Lipinski definition) is 1. The van der Waals surface area contributed by atoms with Gasteiger partial charge in [0.15, 0.2) is 0 Å². The van der Waals surface area contributed by atoms with Crippen LogP contribution < -0.4 is 0 Å². The molecule has 0 atom stereocenters. The van der Waals surface area contributed by atoms with Gasteiger partial charge in [0.05, 0.1) is 82.8 Å². The Kier molecular flexibility index (Phi) is 23.8. The van der Waals surface area contributed by atoms with Crippen LogP contribution in [0.25, 0.3) is 0 Å². The average Bonchev–Trinajstić information content (AvgIpc) is 3.76. The van der Waals surface area contributed by atoms with Crippen molar-refractivity contribution in [2.24, 2.45) is 0 Å². The van der Waals surface area contributed by atoms with E-state index in [1.807, 2.05) is 6.07 Å². The molecule has 1 heterocycles. The highest BCUT2D eigenvalue weighted by molar-refractivity contribution is 9.11. The number of hydrogen-bond acceptors (Lipinski definition) is 15. The van der Waals surface area contributed by atoms with Crippen LogP contribution in [0.15, 0.2) is 90.7 Å². The van der Waals surface area contributed by atoms with Gasteiger partial charge in [0.1, 0.15) is 0 Å². The SMILES string of the molecule is COC(=O)c1cc(Br)cc(C(=O)OC)c1.COC(=O)c1cc(Br)cc(CN2CCCC2)c1.COC(=O)c1cc(Br)cc(CO)c1.COC(=O)c1cc(Br)cc(COS(C)(=O)=O)c1. The maximum Gasteiger partial charge on any atom is 0.337 e. The number of methoxy groups -OCH3 is 5. The Morgan fingerprint density at radius 1 is 0.516 bits per heavy atom. The summed E-state index contributed by atoms with van der Waals surface area (Å²) in [6, 6.07) is 20.1. The van der Waals surface area contributed by atoms with Crippen LogP contribution in [0, 0.1) is 0 Å². The first-order valence-corrected chi connectivity index (χ1v) is 23.0. The molecule has 4 aromatic rings. The zero-order chi connectivity index (χ0) is 46.6. The summed E-state index contributed by atoms with van der Waals surface area (Å²) < 4.78 is 52.2. The van der Waals surface area contributed by atoms with Crippen molar-refractivity contribution in [3.05, 3.63) is 135 Å². The Labute approximate surface area is 394 Å². The highest BCUT2D eigenvalue weighted by Crippen LogP contribution is 2.21. The molecule has 336 valence electrons. The maximum absolute atomic E-state index is 11.5. The van der Waals surface area contributed by atoms with Crippen molar-refractivity contribution in [2.75, 3.05) is 54.9 Å². The second-order valence-electron chi connectivity index (χ2n) is 12.8. The number of nitrogens with zero attached hydrogens (tertiary/aromatic N) is 1. The van der Waals surface area contributed by atoms with Gasteiger partial charge < -0.3 is 28.8 Å². The summed E-state index contributed by atoms with van der Waals surface area (Å²) in [6.07, 6.45) is 3.52. The normalized spacial score (nSPS) is 11.9. The first-order chi connectivity index (χ1) is 29.2. The summed E-state index contributed by atoms with van der Waals surface area (Å²) in [7, 11) is 3.05. The third-order valence-electron chi connectivity index (χ3n) is 8.10. The van der Waals surface area contributed by atoms with Crippen molar-refractivity contribution >= 4 is 104 Å². The van der Waals surface area contributed by atoms with Crippen LogP contribution in [-0.4, -0.2) is 103 Å². The molecule has 62 heavy (non-hydrogen) atoms. The van der Waals surface area contributed by atoms with Gasteiger partial charge in [-0.1, -0.05) is 63.7 Å². The van der Waals surface area contributed by atoms with Crippen molar-refractivity contribution in [3.8, 4) is 0 Å². The zero-order valence-corrected chi connectivity index (χ0v) is 41.7. The minimum Gasteiger partial charge on any atom is -0.465 e. The van der Waals surface area contributed by atoms with Gasteiger partial charge in [0.2, 0.25) is 0 Å². The van der Waals surface area contributed by atoms with Crippen LogP contribution in [0.2, 0.25) is 0 Å². The lowest BCUT2D eigenvalue weighted by atomic mass is 10.1. The van der Waals surface area contributed by atoms with Crippen molar-refractivity contribution in [2.45, 2.75) is 32.6 Å². The lowest BCUT2D eigenvalue weighted by molar-refractivity contribution is 0.0585. The van der Waals surface area contributed by atoms with Crippen LogP contribution in [0.3, 0.4) is 0 Å². The number of carbonyl (C=O) groups excluding carboxylic acids is 5. The second-order valence-corrected chi connectivity index (χ2v) is 18.1. The van der Waals surface area contributed by atoms with E-state index in [-0.39, 0.29) is 19.2 Å². The molecule has 1 aliphatic rings. The number of esters is 5. The molecule has 1 N–H and O–H groups in total. The molecule has 1 saturated heterocycles. The fourth-order valence-corrected chi connectivity index (χ4v) is 7.82. The van der Waals surface area contributed by atoms with Gasteiger partial charge in [-0.15, -0.1) is 0 Å². The molecule has 0 aliphatic carbocycles. The third-order valence-corrected chi connectivity index (χ3v) is 10.5. The van der Waals surface area contributed by atoms with Gasteiger partial charge in [-0.25, -0.2) is 24.0 Å². The summed E-state index contributed by atoms with van der Waals surface area (Å²) in [5, 5.41) is 8.87. The van der Waals surface area contributed by atoms with Gasteiger partial charge in [0.25, 0.3) is 10.1 Å². The van der Waals surface area contributed by atoms with Crippen LogP contribution in [0.4, 0.5) is 0 Å². The summed E-state index contributed by atoms with van der Waals surface area (Å²) in [5.41, 5.74) is 4.35. The Balaban J connectivity index is 0.000000286. The number of benzene rings is 4. The van der Waals surface area contributed by atoms with Crippen molar-refractivity contribution in [1.82, 2.24) is 4.90 Å². The van der Waals surface area contributed by atoms with E-state index in [4.69, 9.17) is 9.84 Å². The topological polar surface area (TPSA) is 198 Å². The highest BCUT2D eigenvalue weighted by Gasteiger charge is 2.15. The fourth-order valence-electron chi connectivity index (χ4n) is 5.36. The molecular weight excluding hydrogens is 1090 g/mol. The molecule has 4 aromatic carbocycles. The predicted octanol–water partition coefficient (Wildman–Crippen LogP) is 8.29. The third kappa shape index (κ3) is 19.6. The Morgan fingerprint density at radius 3 is 1.18 bits per heavy atom. The first kappa shape index (κ1) is 54.1. The van der Waals surface area contributed by atoms with E-state index in [0.29, 0.717) is 47.9 Å². The van der Waals surface area contributed by atoms with Gasteiger partial charge in [-0.2, -0.15) is 8.42 Å². The molecular formula is C42H45Br4NO14S. The number of halogens is 4. The molecule has 15 nitrogen and oxygen atoms in total. The first-order valence-electron chi connectivity index (χ1n) is 18.0. The Morgan fingerprint density at radius 2 is 0.823 bits per heavy atom. The van der Waals surface area contributed by atoms with Gasteiger partial charge in [0, 0.05) is 24.4 Å².